The van der Waals surface area contributed by atoms with Crippen molar-refractivity contribution in [3.05, 3.63) is 35.1 Å². The van der Waals surface area contributed by atoms with Gasteiger partial charge in [-0.15, -0.1) is 0 Å². The molecule has 2 fully saturated rings. The first-order chi connectivity index (χ1) is 15.9. The topological polar surface area (TPSA) is 130 Å². The minimum atomic E-state index is -4.52. The normalized spacial score (nSPS) is 19.0. The van der Waals surface area contributed by atoms with Crippen molar-refractivity contribution in [2.75, 3.05) is 19.6 Å². The molecule has 1 aliphatic heterocycles. The molecule has 1 heterocycles. The largest absolute Gasteiger partial charge is 0.479 e. The van der Waals surface area contributed by atoms with Gasteiger partial charge in [0, 0.05) is 19.1 Å². The third kappa shape index (κ3) is 8.19. The SMILES string of the molecule is Fc1ccc(CN(CC2CCC2)C2CCNCC2)c(C(F)(F)F)c1.O=C(O)C(O)C(O)C(=O)O. The van der Waals surface area contributed by atoms with Crippen LogP contribution < -0.4 is 5.32 Å². The summed E-state index contributed by atoms with van der Waals surface area (Å²) in [5, 5.41) is 35.8. The Bertz CT molecular complexity index is 810. The zero-order chi connectivity index (χ0) is 25.5. The molecular formula is C22H30F4N2O6. The van der Waals surface area contributed by atoms with Crippen molar-refractivity contribution in [2.24, 2.45) is 5.92 Å². The Labute approximate surface area is 194 Å². The number of piperidine rings is 1. The highest BCUT2D eigenvalue weighted by Crippen LogP contribution is 2.35. The minimum Gasteiger partial charge on any atom is -0.479 e. The first-order valence-electron chi connectivity index (χ1n) is 11.0. The number of hydrogen-bond acceptors (Lipinski definition) is 6. The van der Waals surface area contributed by atoms with Crippen molar-refractivity contribution in [2.45, 2.75) is 63.1 Å². The maximum Gasteiger partial charge on any atom is 0.416 e. The number of carboxylic acids is 2. The predicted molar refractivity (Wildman–Crippen MR) is 112 cm³/mol. The Morgan fingerprint density at radius 3 is 2.03 bits per heavy atom. The summed E-state index contributed by atoms with van der Waals surface area (Å²) in [6.07, 6.45) is -3.60. The molecule has 0 aromatic heterocycles. The number of aliphatic hydroxyl groups is 2. The predicted octanol–water partition coefficient (Wildman–Crippen LogP) is 2.08. The number of halogens is 4. The van der Waals surface area contributed by atoms with Gasteiger partial charge in [-0.1, -0.05) is 12.5 Å². The Balaban J connectivity index is 0.000000347. The molecule has 0 spiro atoms. The van der Waals surface area contributed by atoms with E-state index < -0.39 is 41.7 Å². The zero-order valence-corrected chi connectivity index (χ0v) is 18.5. The van der Waals surface area contributed by atoms with Gasteiger partial charge >= 0.3 is 18.1 Å². The van der Waals surface area contributed by atoms with Crippen molar-refractivity contribution in [3.63, 3.8) is 0 Å². The molecule has 1 saturated carbocycles. The van der Waals surface area contributed by atoms with E-state index in [9.17, 15) is 27.2 Å². The van der Waals surface area contributed by atoms with Gasteiger partial charge in [0.1, 0.15) is 5.82 Å². The first-order valence-corrected chi connectivity index (χ1v) is 11.0. The third-order valence-corrected chi connectivity index (χ3v) is 6.10. The minimum absolute atomic E-state index is 0.182. The lowest BCUT2D eigenvalue weighted by atomic mass is 9.84. The van der Waals surface area contributed by atoms with Crippen LogP contribution in [0.2, 0.25) is 0 Å². The summed E-state index contributed by atoms with van der Waals surface area (Å²) >= 11 is 0. The van der Waals surface area contributed by atoms with Crippen LogP contribution in [0.5, 0.6) is 0 Å². The number of carboxylic acid groups (broad SMARTS) is 2. The molecule has 1 aliphatic carbocycles. The van der Waals surface area contributed by atoms with Crippen LogP contribution in [0.3, 0.4) is 0 Å². The zero-order valence-electron chi connectivity index (χ0n) is 18.5. The maximum atomic E-state index is 13.3. The molecule has 1 saturated heterocycles. The molecule has 2 atom stereocenters. The van der Waals surface area contributed by atoms with E-state index in [1.54, 1.807) is 0 Å². The maximum absolute atomic E-state index is 13.3. The van der Waals surface area contributed by atoms with Crippen LogP contribution in [0, 0.1) is 11.7 Å². The van der Waals surface area contributed by atoms with Gasteiger partial charge in [-0.25, -0.2) is 14.0 Å². The summed E-state index contributed by atoms with van der Waals surface area (Å²) in [5.41, 5.74) is -0.656. The molecule has 3 rings (SSSR count). The van der Waals surface area contributed by atoms with Crippen molar-refractivity contribution < 1.29 is 47.6 Å². The quantitative estimate of drug-likeness (QED) is 0.348. The highest BCUT2D eigenvalue weighted by atomic mass is 19.4. The fraction of sp³-hybridized carbons (Fsp3) is 0.636. The summed E-state index contributed by atoms with van der Waals surface area (Å²) in [7, 11) is 0. The average Bonchev–Trinajstić information content (AvgIpc) is 2.75. The summed E-state index contributed by atoms with van der Waals surface area (Å²) in [6.45, 7) is 2.90. The van der Waals surface area contributed by atoms with Crippen LogP contribution in [-0.4, -0.2) is 75.1 Å². The molecule has 1 aromatic rings. The van der Waals surface area contributed by atoms with Crippen molar-refractivity contribution in [1.82, 2.24) is 10.2 Å². The Kier molecular flexibility index (Phi) is 10.2. The summed E-state index contributed by atoms with van der Waals surface area (Å²) in [6, 6.07) is 3.36. The summed E-state index contributed by atoms with van der Waals surface area (Å²) in [4.78, 5) is 21.7. The van der Waals surface area contributed by atoms with Gasteiger partial charge in [-0.05, 0) is 62.4 Å². The molecule has 8 nitrogen and oxygen atoms in total. The molecule has 5 N–H and O–H groups in total. The van der Waals surface area contributed by atoms with Crippen molar-refractivity contribution in [3.8, 4) is 0 Å². The lowest BCUT2D eigenvalue weighted by molar-refractivity contribution is -0.165. The van der Waals surface area contributed by atoms with Crippen LogP contribution in [-0.2, 0) is 22.3 Å². The van der Waals surface area contributed by atoms with Gasteiger partial charge in [0.15, 0.2) is 12.2 Å². The van der Waals surface area contributed by atoms with E-state index in [0.717, 1.165) is 51.4 Å². The smallest absolute Gasteiger partial charge is 0.416 e. The molecule has 2 aliphatic rings. The van der Waals surface area contributed by atoms with Crippen LogP contribution in [0.4, 0.5) is 17.6 Å². The number of aliphatic hydroxyl groups excluding tert-OH is 2. The van der Waals surface area contributed by atoms with E-state index in [-0.39, 0.29) is 12.1 Å². The Morgan fingerprint density at radius 1 is 1.03 bits per heavy atom. The highest BCUT2D eigenvalue weighted by Gasteiger charge is 2.35. The monoisotopic (exact) mass is 494 g/mol. The third-order valence-electron chi connectivity index (χ3n) is 6.10. The second-order valence-electron chi connectivity index (χ2n) is 8.57. The van der Waals surface area contributed by atoms with Crippen molar-refractivity contribution >= 4 is 11.9 Å². The van der Waals surface area contributed by atoms with E-state index in [1.807, 2.05) is 0 Å². The molecular weight excluding hydrogens is 464 g/mol. The highest BCUT2D eigenvalue weighted by molar-refractivity contribution is 5.83. The standard InChI is InChI=1S/C18H24F4N2.C4H6O6/c19-15-5-4-14(17(10-15)18(20,21)22)12-24(11-13-2-1-3-13)16-6-8-23-9-7-16;5-1(3(7)8)2(6)4(9)10/h4-5,10,13,16,23H,1-3,6-9,11-12H2;1-2,5-6H,(H,7,8)(H,9,10). The van der Waals surface area contributed by atoms with Gasteiger partial charge in [-0.3, -0.25) is 4.90 Å². The number of rotatable bonds is 8. The van der Waals surface area contributed by atoms with Crippen LogP contribution in [0.15, 0.2) is 18.2 Å². The molecule has 1 aromatic carbocycles. The van der Waals surface area contributed by atoms with Gasteiger partial charge in [-0.2, -0.15) is 13.2 Å². The Hall–Kier alpha value is -2.28. The second-order valence-corrected chi connectivity index (χ2v) is 8.57. The molecule has 0 radical (unpaired) electrons. The number of nitrogens with one attached hydrogen (secondary N) is 1. The van der Waals surface area contributed by atoms with E-state index in [2.05, 4.69) is 10.2 Å². The van der Waals surface area contributed by atoms with Gasteiger partial charge in [0.2, 0.25) is 0 Å². The first kappa shape index (κ1) is 28.0. The molecule has 12 heteroatoms. The number of carbonyl (C=O) groups is 2. The molecule has 0 bridgehead atoms. The van der Waals surface area contributed by atoms with Crippen LogP contribution in [0.1, 0.15) is 43.2 Å². The molecule has 2 unspecified atom stereocenters. The number of hydrogen-bond donors (Lipinski definition) is 5. The molecule has 192 valence electrons. The van der Waals surface area contributed by atoms with Crippen LogP contribution >= 0.6 is 0 Å². The molecule has 0 amide bonds. The summed E-state index contributed by atoms with van der Waals surface area (Å²) in [5.74, 6) is -3.78. The van der Waals surface area contributed by atoms with E-state index in [4.69, 9.17) is 20.4 Å². The number of nitrogens with zero attached hydrogens (tertiary/aromatic N) is 1. The van der Waals surface area contributed by atoms with E-state index in [1.165, 1.54) is 12.5 Å². The fourth-order valence-electron chi connectivity index (χ4n) is 3.96. The lowest BCUT2D eigenvalue weighted by Gasteiger charge is -2.39. The van der Waals surface area contributed by atoms with Gasteiger partial charge in [0.05, 0.1) is 5.56 Å². The van der Waals surface area contributed by atoms with Crippen molar-refractivity contribution in [1.29, 1.82) is 0 Å². The second kappa shape index (κ2) is 12.4. The van der Waals surface area contributed by atoms with Gasteiger partial charge < -0.3 is 25.7 Å². The number of aliphatic carboxylic acids is 2. The summed E-state index contributed by atoms with van der Waals surface area (Å²) < 4.78 is 53.1. The van der Waals surface area contributed by atoms with E-state index in [0.29, 0.717) is 18.0 Å². The number of benzene rings is 1. The Morgan fingerprint density at radius 2 is 1.59 bits per heavy atom. The average molecular weight is 494 g/mol. The lowest BCUT2D eigenvalue weighted by Crippen LogP contribution is -2.45. The van der Waals surface area contributed by atoms with Gasteiger partial charge in [0.25, 0.3) is 0 Å². The van der Waals surface area contributed by atoms with E-state index >= 15 is 0 Å². The van der Waals surface area contributed by atoms with Crippen LogP contribution in [0.25, 0.3) is 0 Å². The molecule has 34 heavy (non-hydrogen) atoms. The fourth-order valence-corrected chi connectivity index (χ4v) is 3.96. The number of alkyl halides is 3.